The monoisotopic (exact) mass is 461 g/mol. The Morgan fingerprint density at radius 1 is 0.933 bits per heavy atom. The molecule has 30 heavy (non-hydrogen) atoms. The molecule has 3 aromatic carbocycles. The Bertz CT molecular complexity index is 1240. The molecule has 1 aromatic heterocycles. The molecule has 0 bridgehead atoms. The second-order valence-corrected chi connectivity index (χ2v) is 7.42. The summed E-state index contributed by atoms with van der Waals surface area (Å²) in [7, 11) is 0. The summed E-state index contributed by atoms with van der Waals surface area (Å²) >= 11 is 3.42. The highest BCUT2D eigenvalue weighted by Gasteiger charge is 2.09. The zero-order chi connectivity index (χ0) is 20.9. The number of aromatic nitrogens is 2. The van der Waals surface area contributed by atoms with Gasteiger partial charge in [0, 0.05) is 16.6 Å². The van der Waals surface area contributed by atoms with E-state index in [2.05, 4.69) is 25.9 Å². The number of hydrogen-bond donors (Lipinski definition) is 0. The summed E-state index contributed by atoms with van der Waals surface area (Å²) in [6, 6.07) is 21.8. The molecule has 0 spiro atoms. The van der Waals surface area contributed by atoms with Crippen molar-refractivity contribution in [2.24, 2.45) is 0 Å². The first kappa shape index (κ1) is 19.7. The Morgan fingerprint density at radius 3 is 2.40 bits per heavy atom. The van der Waals surface area contributed by atoms with Gasteiger partial charge in [-0.2, -0.15) is 0 Å². The van der Waals surface area contributed by atoms with E-state index in [0.717, 1.165) is 21.1 Å². The molecule has 0 radical (unpaired) electrons. The van der Waals surface area contributed by atoms with E-state index in [-0.39, 0.29) is 5.69 Å². The second kappa shape index (κ2) is 8.84. The van der Waals surface area contributed by atoms with Crippen molar-refractivity contribution in [3.8, 4) is 5.88 Å². The predicted octanol–water partition coefficient (Wildman–Crippen LogP) is 6.05. The predicted molar refractivity (Wildman–Crippen MR) is 120 cm³/mol. The van der Waals surface area contributed by atoms with Crippen LogP contribution < -0.4 is 4.74 Å². The van der Waals surface area contributed by atoms with E-state index in [1.807, 2.05) is 48.5 Å². The van der Waals surface area contributed by atoms with Gasteiger partial charge in [-0.3, -0.25) is 10.1 Å². The Labute approximate surface area is 181 Å². The zero-order valence-corrected chi connectivity index (χ0v) is 17.3. The van der Waals surface area contributed by atoms with Crippen molar-refractivity contribution >= 4 is 44.8 Å². The topological polar surface area (TPSA) is 78.2 Å². The molecule has 0 aliphatic rings. The van der Waals surface area contributed by atoms with Crippen molar-refractivity contribution in [2.45, 2.75) is 6.61 Å². The molecule has 0 aliphatic heterocycles. The Kier molecular flexibility index (Phi) is 5.81. The summed E-state index contributed by atoms with van der Waals surface area (Å²) in [5.41, 5.74) is 3.76. The van der Waals surface area contributed by atoms with Crippen LogP contribution in [0.2, 0.25) is 0 Å². The van der Waals surface area contributed by atoms with Gasteiger partial charge in [-0.05, 0) is 41.5 Å². The number of non-ortho nitro benzene ring substituents is 1. The normalized spacial score (nSPS) is 11.1. The molecule has 6 nitrogen and oxygen atoms in total. The second-order valence-electron chi connectivity index (χ2n) is 6.50. The maximum Gasteiger partial charge on any atom is 0.270 e. The third-order valence-corrected chi connectivity index (χ3v) is 4.90. The molecule has 0 saturated carbocycles. The Morgan fingerprint density at radius 2 is 1.67 bits per heavy atom. The van der Waals surface area contributed by atoms with Crippen LogP contribution in [0.1, 0.15) is 16.8 Å². The summed E-state index contributed by atoms with van der Waals surface area (Å²) in [6.45, 7) is 0.345. The molecule has 0 N–H and O–H groups in total. The van der Waals surface area contributed by atoms with Gasteiger partial charge in [0.2, 0.25) is 5.88 Å². The van der Waals surface area contributed by atoms with Crippen molar-refractivity contribution in [1.29, 1.82) is 0 Å². The summed E-state index contributed by atoms with van der Waals surface area (Å²) in [5, 5.41) is 11.0. The van der Waals surface area contributed by atoms with Crippen molar-refractivity contribution in [2.75, 3.05) is 0 Å². The number of benzene rings is 3. The average Bonchev–Trinajstić information content (AvgIpc) is 2.77. The van der Waals surface area contributed by atoms with Crippen LogP contribution in [0.3, 0.4) is 0 Å². The summed E-state index contributed by atoms with van der Waals surface area (Å²) in [4.78, 5) is 19.9. The first-order chi connectivity index (χ1) is 14.6. The fourth-order valence-corrected chi connectivity index (χ4v) is 3.13. The molecule has 4 rings (SSSR count). The highest BCUT2D eigenvalue weighted by molar-refractivity contribution is 9.10. The molecule has 0 saturated heterocycles. The minimum Gasteiger partial charge on any atom is -0.471 e. The van der Waals surface area contributed by atoms with E-state index >= 15 is 0 Å². The first-order valence-electron chi connectivity index (χ1n) is 9.15. The Hall–Kier alpha value is -3.58. The zero-order valence-electron chi connectivity index (χ0n) is 15.7. The smallest absolute Gasteiger partial charge is 0.270 e. The van der Waals surface area contributed by atoms with Gasteiger partial charge in [-0.15, -0.1) is 0 Å². The first-order valence-corrected chi connectivity index (χ1v) is 9.94. The summed E-state index contributed by atoms with van der Waals surface area (Å²) in [6.07, 6.45) is 3.52. The van der Waals surface area contributed by atoms with Gasteiger partial charge in [0.05, 0.1) is 16.0 Å². The Balaban J connectivity index is 1.66. The van der Waals surface area contributed by atoms with Gasteiger partial charge < -0.3 is 4.74 Å². The minimum absolute atomic E-state index is 0.0356. The quantitative estimate of drug-likeness (QED) is 0.258. The molecule has 0 aliphatic carbocycles. The summed E-state index contributed by atoms with van der Waals surface area (Å²) in [5.74, 6) is 0.401. The number of nitro benzene ring substituents is 1. The van der Waals surface area contributed by atoms with Crippen LogP contribution in [0.4, 0.5) is 5.69 Å². The maximum absolute atomic E-state index is 11.0. The van der Waals surface area contributed by atoms with Crippen molar-refractivity contribution in [1.82, 2.24) is 9.97 Å². The van der Waals surface area contributed by atoms with E-state index in [1.54, 1.807) is 24.3 Å². The van der Waals surface area contributed by atoms with Crippen LogP contribution in [0, 0.1) is 10.1 Å². The van der Waals surface area contributed by atoms with Gasteiger partial charge in [0.25, 0.3) is 5.69 Å². The molecule has 0 amide bonds. The lowest BCUT2D eigenvalue weighted by molar-refractivity contribution is -0.384. The molecule has 148 valence electrons. The van der Waals surface area contributed by atoms with Crippen molar-refractivity contribution < 1.29 is 9.66 Å². The fraction of sp³-hybridized carbons (Fsp3) is 0.0435. The maximum atomic E-state index is 11.0. The van der Waals surface area contributed by atoms with Gasteiger partial charge in [-0.25, -0.2) is 9.97 Å². The third kappa shape index (κ3) is 4.69. The van der Waals surface area contributed by atoms with Crippen LogP contribution in [0.25, 0.3) is 23.2 Å². The number of nitrogens with zero attached hydrogens (tertiary/aromatic N) is 3. The van der Waals surface area contributed by atoms with Crippen molar-refractivity contribution in [3.63, 3.8) is 0 Å². The van der Waals surface area contributed by atoms with Crippen LogP contribution >= 0.6 is 15.9 Å². The van der Waals surface area contributed by atoms with E-state index in [1.165, 1.54) is 12.1 Å². The molecule has 0 atom stereocenters. The largest absolute Gasteiger partial charge is 0.471 e. The molecule has 1 heterocycles. The highest BCUT2D eigenvalue weighted by Crippen LogP contribution is 2.23. The lowest BCUT2D eigenvalue weighted by Crippen LogP contribution is -2.01. The number of hydrogen-bond acceptors (Lipinski definition) is 5. The SMILES string of the molecule is O=[N+]([O-])c1cccc(C=Cc2nc3ccccc3nc2OCc2ccc(Br)cc2)c1. The minimum atomic E-state index is -0.417. The number of halogens is 1. The molecule has 0 unspecified atom stereocenters. The molecular formula is C23H16BrN3O3. The van der Waals surface area contributed by atoms with E-state index in [9.17, 15) is 10.1 Å². The van der Waals surface area contributed by atoms with E-state index < -0.39 is 4.92 Å². The standard InChI is InChI=1S/C23H16BrN3O3/c24-18-11-8-17(9-12-18)15-30-23-22(25-20-6-1-2-7-21(20)26-23)13-10-16-4-3-5-19(14-16)27(28)29/h1-14H,15H2. The summed E-state index contributed by atoms with van der Waals surface area (Å²) < 4.78 is 6.97. The molecule has 4 aromatic rings. The molecule has 0 fully saturated rings. The van der Waals surface area contributed by atoms with Crippen LogP contribution in [-0.4, -0.2) is 14.9 Å². The van der Waals surface area contributed by atoms with Crippen LogP contribution in [0.15, 0.2) is 77.3 Å². The molecular weight excluding hydrogens is 446 g/mol. The van der Waals surface area contributed by atoms with Gasteiger partial charge >= 0.3 is 0 Å². The molecule has 7 heteroatoms. The van der Waals surface area contributed by atoms with Gasteiger partial charge in [-0.1, -0.05) is 58.4 Å². The lowest BCUT2D eigenvalue weighted by atomic mass is 10.1. The number of fused-ring (bicyclic) bond motifs is 1. The van der Waals surface area contributed by atoms with Crippen LogP contribution in [0.5, 0.6) is 5.88 Å². The number of rotatable bonds is 6. The number of ether oxygens (including phenoxy) is 1. The third-order valence-electron chi connectivity index (χ3n) is 4.37. The highest BCUT2D eigenvalue weighted by atomic mass is 79.9. The van der Waals surface area contributed by atoms with E-state index in [0.29, 0.717) is 23.7 Å². The van der Waals surface area contributed by atoms with Crippen LogP contribution in [-0.2, 0) is 6.61 Å². The number of para-hydroxylation sites is 2. The average molecular weight is 462 g/mol. The van der Waals surface area contributed by atoms with E-state index in [4.69, 9.17) is 4.74 Å². The van der Waals surface area contributed by atoms with Crippen molar-refractivity contribution in [3.05, 3.63) is 104 Å². The van der Waals surface area contributed by atoms with Gasteiger partial charge in [0.15, 0.2) is 0 Å². The lowest BCUT2D eigenvalue weighted by Gasteiger charge is -2.09. The van der Waals surface area contributed by atoms with Gasteiger partial charge in [0.1, 0.15) is 12.3 Å². The number of nitro groups is 1. The fourth-order valence-electron chi connectivity index (χ4n) is 2.86.